The maximum absolute atomic E-state index is 3.26. The molecule has 2 aromatic rings. The molecule has 74 valence electrons. The fourth-order valence-corrected chi connectivity index (χ4v) is 5.26. The Kier molecular flexibility index (Phi) is 3.60. The van der Waals surface area contributed by atoms with Gasteiger partial charge in [0.05, 0.1) is 0 Å². The Bertz CT molecular complexity index is 373. The number of thiophene rings is 2. The summed E-state index contributed by atoms with van der Waals surface area (Å²) in [4.78, 5) is 2.50. The Hall–Kier alpha value is 0.1000. The zero-order chi connectivity index (χ0) is 9.97. The van der Waals surface area contributed by atoms with E-state index in [1.54, 1.807) is 44.3 Å². The minimum Gasteiger partial charge on any atom is -0.302 e. The average molecular weight is 256 g/mol. The van der Waals surface area contributed by atoms with Gasteiger partial charge in [-0.1, -0.05) is 45.2 Å². The molecule has 14 heavy (non-hydrogen) atoms. The van der Waals surface area contributed by atoms with Crippen molar-refractivity contribution in [2.75, 3.05) is 0 Å². The van der Waals surface area contributed by atoms with Crippen molar-refractivity contribution in [1.29, 1.82) is 0 Å². The van der Waals surface area contributed by atoms with Gasteiger partial charge in [-0.3, -0.25) is 0 Å². The monoisotopic (exact) mass is 256 g/mol. The van der Waals surface area contributed by atoms with Crippen molar-refractivity contribution in [2.24, 2.45) is 0 Å². The van der Waals surface area contributed by atoms with Gasteiger partial charge in [0.15, 0.2) is 0 Å². The quantitative estimate of drug-likeness (QED) is 0.570. The first kappa shape index (κ1) is 10.6. The van der Waals surface area contributed by atoms with Crippen LogP contribution in [0.4, 0.5) is 0 Å². The second-order valence-corrected chi connectivity index (χ2v) is 6.37. The van der Waals surface area contributed by atoms with Crippen LogP contribution < -0.4 is 0 Å². The molecular formula is C10H8S4-2. The zero-order valence-corrected chi connectivity index (χ0v) is 11.1. The molecule has 2 rings (SSSR count). The van der Waals surface area contributed by atoms with Crippen molar-refractivity contribution in [2.45, 2.75) is 23.6 Å². The highest BCUT2D eigenvalue weighted by molar-refractivity contribution is 8.76. The molecule has 0 saturated carbocycles. The first-order valence-electron chi connectivity index (χ1n) is 4.03. The predicted octanol–water partition coefficient (Wildman–Crippen LogP) is 4.83. The largest absolute Gasteiger partial charge is 0.302 e. The first-order chi connectivity index (χ1) is 6.77. The van der Waals surface area contributed by atoms with Crippen LogP contribution >= 0.6 is 44.3 Å². The Balaban J connectivity index is 2.02. The zero-order valence-electron chi connectivity index (χ0n) is 7.79. The summed E-state index contributed by atoms with van der Waals surface area (Å²) in [5.41, 5.74) is 2.64. The van der Waals surface area contributed by atoms with Crippen molar-refractivity contribution < 1.29 is 0 Å². The van der Waals surface area contributed by atoms with Crippen LogP contribution in [0.25, 0.3) is 0 Å². The van der Waals surface area contributed by atoms with E-state index in [1.807, 2.05) is 0 Å². The fraction of sp³-hybridized carbons (Fsp3) is 0.200. The number of hydrogen-bond donors (Lipinski definition) is 0. The van der Waals surface area contributed by atoms with Crippen molar-refractivity contribution in [3.8, 4) is 0 Å². The van der Waals surface area contributed by atoms with E-state index in [9.17, 15) is 0 Å². The van der Waals surface area contributed by atoms with Gasteiger partial charge in [-0.2, -0.15) is 21.9 Å². The van der Waals surface area contributed by atoms with E-state index in [-0.39, 0.29) is 0 Å². The van der Waals surface area contributed by atoms with Gasteiger partial charge >= 0.3 is 0 Å². The lowest BCUT2D eigenvalue weighted by Crippen LogP contribution is -1.68. The highest BCUT2D eigenvalue weighted by atomic mass is 33.1. The molecule has 0 N–H and O–H groups in total. The van der Waals surface area contributed by atoms with Gasteiger partial charge < -0.3 is 22.7 Å². The van der Waals surface area contributed by atoms with Gasteiger partial charge in [0.25, 0.3) is 0 Å². The molecule has 2 heterocycles. The van der Waals surface area contributed by atoms with Crippen molar-refractivity contribution in [3.63, 3.8) is 0 Å². The second-order valence-electron chi connectivity index (χ2n) is 2.87. The minimum atomic E-state index is 1.25. The minimum absolute atomic E-state index is 1.25. The van der Waals surface area contributed by atoms with Crippen molar-refractivity contribution in [1.82, 2.24) is 0 Å². The van der Waals surface area contributed by atoms with Gasteiger partial charge in [-0.25, -0.2) is 0 Å². The van der Waals surface area contributed by atoms with Gasteiger partial charge in [0.2, 0.25) is 0 Å². The van der Waals surface area contributed by atoms with Crippen LogP contribution in [0.15, 0.2) is 20.6 Å². The third kappa shape index (κ3) is 2.37. The molecule has 4 heteroatoms. The molecule has 0 atom stereocenters. The predicted molar refractivity (Wildman–Crippen MR) is 67.5 cm³/mol. The number of aryl methyl sites for hydroxylation is 2. The van der Waals surface area contributed by atoms with Crippen LogP contribution in [0, 0.1) is 24.6 Å². The summed E-state index contributed by atoms with van der Waals surface area (Å²) in [5, 5.41) is 10.8. The standard InChI is InChI=1S/C10H8S4/c1-7-3-11-5-9(7)13-14-10-6-12-4-8(10)2/h3-4H,1-2H3/q-2. The summed E-state index contributed by atoms with van der Waals surface area (Å²) in [6, 6.07) is 0. The second kappa shape index (κ2) is 4.75. The molecule has 0 aromatic carbocycles. The summed E-state index contributed by atoms with van der Waals surface area (Å²) in [6.07, 6.45) is 0. The van der Waals surface area contributed by atoms with E-state index in [0.29, 0.717) is 0 Å². The van der Waals surface area contributed by atoms with Gasteiger partial charge in [-0.05, 0) is 0 Å². The van der Waals surface area contributed by atoms with E-state index in [1.165, 1.54) is 20.9 Å². The highest BCUT2D eigenvalue weighted by Crippen LogP contribution is 2.41. The molecule has 0 aliphatic carbocycles. The first-order valence-corrected chi connectivity index (χ1v) is 7.94. The van der Waals surface area contributed by atoms with E-state index in [2.05, 4.69) is 35.4 Å². The molecule has 0 nitrogen and oxygen atoms in total. The number of rotatable bonds is 3. The summed E-state index contributed by atoms with van der Waals surface area (Å²) >= 11 is 3.28. The lowest BCUT2D eigenvalue weighted by atomic mass is 10.4. The fourth-order valence-electron chi connectivity index (χ4n) is 0.860. The molecule has 0 saturated heterocycles. The van der Waals surface area contributed by atoms with Crippen LogP contribution in [0.2, 0.25) is 0 Å². The van der Waals surface area contributed by atoms with Crippen molar-refractivity contribution >= 4 is 44.3 Å². The Morgan fingerprint density at radius 3 is 1.64 bits per heavy atom. The van der Waals surface area contributed by atoms with E-state index in [4.69, 9.17) is 0 Å². The molecular weight excluding hydrogens is 248 g/mol. The molecule has 0 spiro atoms. The SMILES string of the molecule is Cc1cs[c-]c1SSc1[c-]scc1C. The molecule has 0 amide bonds. The smallest absolute Gasteiger partial charge is 0.0818 e. The Morgan fingerprint density at radius 1 is 0.929 bits per heavy atom. The molecule has 2 aromatic heterocycles. The summed E-state index contributed by atoms with van der Waals surface area (Å²) in [7, 11) is 3.55. The lowest BCUT2D eigenvalue weighted by Gasteiger charge is -2.08. The normalized spacial score (nSPS) is 10.7. The molecule has 0 aliphatic rings. The molecule has 0 radical (unpaired) electrons. The summed E-state index contributed by atoms with van der Waals surface area (Å²) in [5.74, 6) is 0. The van der Waals surface area contributed by atoms with E-state index < -0.39 is 0 Å². The maximum atomic E-state index is 3.26. The lowest BCUT2D eigenvalue weighted by molar-refractivity contribution is 1.37. The number of hydrogen-bond acceptors (Lipinski definition) is 4. The third-order valence-electron chi connectivity index (χ3n) is 1.70. The van der Waals surface area contributed by atoms with Crippen LogP contribution in [0.5, 0.6) is 0 Å². The van der Waals surface area contributed by atoms with Crippen LogP contribution in [0.1, 0.15) is 11.1 Å². The van der Waals surface area contributed by atoms with E-state index >= 15 is 0 Å². The molecule has 0 bridgehead atoms. The maximum Gasteiger partial charge on any atom is -0.0818 e. The van der Waals surface area contributed by atoms with Crippen LogP contribution in [0.3, 0.4) is 0 Å². The van der Waals surface area contributed by atoms with E-state index in [0.717, 1.165) is 0 Å². The highest BCUT2D eigenvalue weighted by Gasteiger charge is 1.94. The van der Waals surface area contributed by atoms with Gasteiger partial charge in [0, 0.05) is 0 Å². The average Bonchev–Trinajstić information content (AvgIpc) is 2.72. The van der Waals surface area contributed by atoms with Crippen LogP contribution in [-0.2, 0) is 0 Å². The Labute approximate surface area is 100 Å². The summed E-state index contributed by atoms with van der Waals surface area (Å²) < 4.78 is 0. The van der Waals surface area contributed by atoms with Crippen molar-refractivity contribution in [3.05, 3.63) is 32.6 Å². The molecule has 0 fully saturated rings. The molecule has 0 aliphatic heterocycles. The molecule has 0 unspecified atom stereocenters. The topological polar surface area (TPSA) is 0 Å². The van der Waals surface area contributed by atoms with Gasteiger partial charge in [-0.15, -0.1) is 10.8 Å². The summed E-state index contributed by atoms with van der Waals surface area (Å²) in [6.45, 7) is 4.25. The Morgan fingerprint density at radius 2 is 1.36 bits per heavy atom. The van der Waals surface area contributed by atoms with Crippen LogP contribution in [-0.4, -0.2) is 0 Å². The third-order valence-corrected chi connectivity index (χ3v) is 6.06. The van der Waals surface area contributed by atoms with Gasteiger partial charge in [0.1, 0.15) is 0 Å².